The highest BCUT2D eigenvalue weighted by Crippen LogP contribution is 2.24. The number of carbonyl (C=O) groups excluding carboxylic acids is 2. The molecule has 0 saturated carbocycles. The second kappa shape index (κ2) is 9.41. The van der Waals surface area contributed by atoms with Crippen molar-refractivity contribution in [1.82, 2.24) is 14.8 Å². The number of hydrogen-bond donors (Lipinski definition) is 1. The van der Waals surface area contributed by atoms with Crippen LogP contribution in [-0.2, 0) is 11.2 Å². The zero-order chi connectivity index (χ0) is 20.8. The first-order valence-electron chi connectivity index (χ1n) is 10.1. The molecular weight excluding hydrogens is 368 g/mol. The van der Waals surface area contributed by atoms with E-state index in [1.165, 1.54) is 5.56 Å². The topological polar surface area (TPSA) is 74.8 Å². The maximum atomic E-state index is 12.8. The molecule has 0 aliphatic carbocycles. The molecule has 1 aromatic heterocycles. The largest absolute Gasteiger partial charge is 0.450 e. The highest BCUT2D eigenvalue weighted by atomic mass is 16.6. The van der Waals surface area contributed by atoms with Crippen LogP contribution in [0.2, 0.25) is 0 Å². The number of benzene rings is 1. The van der Waals surface area contributed by atoms with Gasteiger partial charge in [0.25, 0.3) is 5.91 Å². The summed E-state index contributed by atoms with van der Waals surface area (Å²) >= 11 is 0. The predicted octanol–water partition coefficient (Wildman–Crippen LogP) is 3.61. The van der Waals surface area contributed by atoms with Gasteiger partial charge in [-0.3, -0.25) is 4.79 Å². The number of pyridine rings is 1. The summed E-state index contributed by atoms with van der Waals surface area (Å²) in [5.74, 6) is 0.635. The summed E-state index contributed by atoms with van der Waals surface area (Å²) in [6, 6.07) is 9.84. The molecule has 7 nitrogen and oxygen atoms in total. The lowest BCUT2D eigenvalue weighted by atomic mass is 10.1. The third-order valence-corrected chi connectivity index (χ3v) is 5.10. The van der Waals surface area contributed by atoms with Gasteiger partial charge in [-0.1, -0.05) is 25.1 Å². The highest BCUT2D eigenvalue weighted by Gasteiger charge is 2.25. The van der Waals surface area contributed by atoms with Gasteiger partial charge in [0.1, 0.15) is 5.82 Å². The van der Waals surface area contributed by atoms with Gasteiger partial charge >= 0.3 is 6.09 Å². The Hall–Kier alpha value is -3.09. The summed E-state index contributed by atoms with van der Waals surface area (Å²) in [4.78, 5) is 32.4. The zero-order valence-electron chi connectivity index (χ0n) is 17.3. The SMILES string of the molecule is CCOC(=O)N1CCN(C(=O)c2ccc(Nc3c(C)cccc3CC)nc2)CC1. The van der Waals surface area contributed by atoms with Crippen molar-refractivity contribution < 1.29 is 14.3 Å². The fourth-order valence-electron chi connectivity index (χ4n) is 3.41. The summed E-state index contributed by atoms with van der Waals surface area (Å²) < 4.78 is 5.02. The Bertz CT molecular complexity index is 859. The van der Waals surface area contributed by atoms with Gasteiger partial charge in [0.15, 0.2) is 0 Å². The monoisotopic (exact) mass is 396 g/mol. The van der Waals surface area contributed by atoms with Crippen LogP contribution in [0.4, 0.5) is 16.3 Å². The first-order valence-corrected chi connectivity index (χ1v) is 10.1. The third kappa shape index (κ3) is 4.85. The van der Waals surface area contributed by atoms with Gasteiger partial charge in [-0.15, -0.1) is 0 Å². The maximum Gasteiger partial charge on any atom is 0.409 e. The fourth-order valence-corrected chi connectivity index (χ4v) is 3.41. The van der Waals surface area contributed by atoms with E-state index < -0.39 is 0 Å². The van der Waals surface area contributed by atoms with E-state index in [0.717, 1.165) is 17.7 Å². The number of aromatic nitrogens is 1. The number of carbonyl (C=O) groups is 2. The van der Waals surface area contributed by atoms with Gasteiger partial charge in [-0.2, -0.15) is 0 Å². The molecule has 3 rings (SSSR count). The van der Waals surface area contributed by atoms with Crippen LogP contribution in [0.5, 0.6) is 0 Å². The second-order valence-electron chi connectivity index (χ2n) is 7.00. The van der Waals surface area contributed by atoms with Crippen LogP contribution in [0, 0.1) is 6.92 Å². The van der Waals surface area contributed by atoms with Crippen LogP contribution in [-0.4, -0.2) is 59.6 Å². The maximum absolute atomic E-state index is 12.8. The third-order valence-electron chi connectivity index (χ3n) is 5.10. The van der Waals surface area contributed by atoms with Gasteiger partial charge in [-0.05, 0) is 43.5 Å². The quantitative estimate of drug-likeness (QED) is 0.836. The van der Waals surface area contributed by atoms with Gasteiger partial charge in [-0.25, -0.2) is 9.78 Å². The molecule has 29 heavy (non-hydrogen) atoms. The van der Waals surface area contributed by atoms with Crippen LogP contribution in [0.3, 0.4) is 0 Å². The van der Waals surface area contributed by atoms with Crippen LogP contribution < -0.4 is 5.32 Å². The van der Waals surface area contributed by atoms with E-state index in [4.69, 9.17) is 4.74 Å². The number of rotatable bonds is 5. The number of para-hydroxylation sites is 1. The average Bonchev–Trinajstić information content (AvgIpc) is 2.75. The highest BCUT2D eigenvalue weighted by molar-refractivity contribution is 5.94. The van der Waals surface area contributed by atoms with E-state index >= 15 is 0 Å². The number of anilines is 2. The van der Waals surface area contributed by atoms with Crippen LogP contribution >= 0.6 is 0 Å². The van der Waals surface area contributed by atoms with Crippen molar-refractivity contribution in [1.29, 1.82) is 0 Å². The number of aryl methyl sites for hydroxylation is 2. The van der Waals surface area contributed by atoms with E-state index in [9.17, 15) is 9.59 Å². The van der Waals surface area contributed by atoms with Gasteiger partial charge < -0.3 is 19.9 Å². The molecule has 7 heteroatoms. The van der Waals surface area contributed by atoms with Crippen molar-refractivity contribution in [2.45, 2.75) is 27.2 Å². The van der Waals surface area contributed by atoms with Crippen LogP contribution in [0.1, 0.15) is 35.3 Å². The Morgan fingerprint density at radius 1 is 1.07 bits per heavy atom. The van der Waals surface area contributed by atoms with Crippen LogP contribution in [0.15, 0.2) is 36.5 Å². The van der Waals surface area contributed by atoms with Gasteiger partial charge in [0.2, 0.25) is 0 Å². The van der Waals surface area contributed by atoms with Gasteiger partial charge in [0, 0.05) is 38.1 Å². The predicted molar refractivity (Wildman–Crippen MR) is 113 cm³/mol. The molecule has 2 heterocycles. The minimum Gasteiger partial charge on any atom is -0.450 e. The molecule has 0 atom stereocenters. The van der Waals surface area contributed by atoms with Crippen molar-refractivity contribution in [3.63, 3.8) is 0 Å². The summed E-state index contributed by atoms with van der Waals surface area (Å²) in [7, 11) is 0. The van der Waals surface area contributed by atoms with Crippen molar-refractivity contribution in [3.8, 4) is 0 Å². The van der Waals surface area contributed by atoms with E-state index in [2.05, 4.69) is 42.3 Å². The molecule has 154 valence electrons. The molecule has 1 aromatic carbocycles. The molecule has 0 radical (unpaired) electrons. The Balaban J connectivity index is 1.62. The fraction of sp³-hybridized carbons (Fsp3) is 0.409. The molecule has 1 N–H and O–H groups in total. The van der Waals surface area contributed by atoms with E-state index in [1.54, 1.807) is 29.0 Å². The Morgan fingerprint density at radius 3 is 2.41 bits per heavy atom. The standard InChI is InChI=1S/C22H28N4O3/c1-4-17-8-6-7-16(3)20(17)24-19-10-9-18(15-23-19)21(27)25-11-13-26(14-12-25)22(28)29-5-2/h6-10,15H,4-5,11-14H2,1-3H3,(H,23,24). The number of hydrogen-bond acceptors (Lipinski definition) is 5. The molecule has 0 spiro atoms. The van der Waals surface area contributed by atoms with Crippen molar-refractivity contribution in [2.75, 3.05) is 38.1 Å². The summed E-state index contributed by atoms with van der Waals surface area (Å²) in [5, 5.41) is 3.37. The lowest BCUT2D eigenvalue weighted by molar-refractivity contribution is 0.0570. The number of ether oxygens (including phenoxy) is 1. The zero-order valence-corrected chi connectivity index (χ0v) is 17.3. The van der Waals surface area contributed by atoms with Crippen molar-refractivity contribution >= 4 is 23.5 Å². The van der Waals surface area contributed by atoms with E-state index in [1.807, 2.05) is 6.07 Å². The van der Waals surface area contributed by atoms with E-state index in [0.29, 0.717) is 44.2 Å². The second-order valence-corrected chi connectivity index (χ2v) is 7.00. The van der Waals surface area contributed by atoms with Gasteiger partial charge in [0.05, 0.1) is 12.2 Å². The number of nitrogens with zero attached hydrogens (tertiary/aromatic N) is 3. The molecule has 1 aliphatic heterocycles. The summed E-state index contributed by atoms with van der Waals surface area (Å²) in [5.41, 5.74) is 3.99. The Morgan fingerprint density at radius 2 is 1.79 bits per heavy atom. The average molecular weight is 396 g/mol. The number of nitrogens with one attached hydrogen (secondary N) is 1. The lowest BCUT2D eigenvalue weighted by Crippen LogP contribution is -2.50. The molecule has 2 amide bonds. The molecule has 2 aromatic rings. The number of piperazine rings is 1. The molecule has 0 bridgehead atoms. The minimum absolute atomic E-state index is 0.0716. The molecule has 1 saturated heterocycles. The number of amides is 2. The van der Waals surface area contributed by atoms with Crippen molar-refractivity contribution in [2.24, 2.45) is 0 Å². The molecule has 1 fully saturated rings. The first-order chi connectivity index (χ1) is 14.0. The van der Waals surface area contributed by atoms with Crippen molar-refractivity contribution in [3.05, 3.63) is 53.2 Å². The smallest absolute Gasteiger partial charge is 0.409 e. The summed E-state index contributed by atoms with van der Waals surface area (Å²) in [6.45, 7) is 8.25. The Kier molecular flexibility index (Phi) is 6.69. The van der Waals surface area contributed by atoms with E-state index in [-0.39, 0.29) is 12.0 Å². The first kappa shape index (κ1) is 20.6. The molecular formula is C22H28N4O3. The normalized spacial score (nSPS) is 13.9. The van der Waals surface area contributed by atoms with Crippen LogP contribution in [0.25, 0.3) is 0 Å². The summed E-state index contributed by atoms with van der Waals surface area (Å²) in [6.07, 6.45) is 2.21. The molecule has 0 unspecified atom stereocenters. The molecule has 1 aliphatic rings. The lowest BCUT2D eigenvalue weighted by Gasteiger charge is -2.34. The minimum atomic E-state index is -0.320. The Labute approximate surface area is 171 Å².